The minimum absolute atomic E-state index is 0.0706. The fourth-order valence-corrected chi connectivity index (χ4v) is 1.89. The van der Waals surface area contributed by atoms with Gasteiger partial charge in [-0.3, -0.25) is 4.79 Å². The minimum atomic E-state index is -4.22. The third-order valence-electron chi connectivity index (χ3n) is 3.16. The van der Waals surface area contributed by atoms with Crippen LogP contribution in [0.1, 0.15) is 32.1 Å². The number of amidine groups is 1. The second-order valence-corrected chi connectivity index (χ2v) is 4.40. The summed E-state index contributed by atoms with van der Waals surface area (Å²) in [6.07, 6.45) is -3.66. The molecule has 0 aromatic heterocycles. The van der Waals surface area contributed by atoms with Gasteiger partial charge in [-0.2, -0.15) is 13.2 Å². The van der Waals surface area contributed by atoms with Crippen molar-refractivity contribution in [3.05, 3.63) is 0 Å². The van der Waals surface area contributed by atoms with E-state index < -0.39 is 23.9 Å². The van der Waals surface area contributed by atoms with Gasteiger partial charge in [-0.05, 0) is 19.3 Å². The van der Waals surface area contributed by atoms with Crippen LogP contribution in [0.2, 0.25) is 0 Å². The van der Waals surface area contributed by atoms with Gasteiger partial charge in [-0.25, -0.2) is 0 Å². The average Bonchev–Trinajstić information content (AvgIpc) is 2.21. The Morgan fingerprint density at radius 1 is 1.44 bits per heavy atom. The van der Waals surface area contributed by atoms with Crippen molar-refractivity contribution in [1.82, 2.24) is 5.32 Å². The number of nitrogens with one attached hydrogen (secondary N) is 1. The zero-order valence-electron chi connectivity index (χ0n) is 9.76. The molecule has 4 N–H and O–H groups in total. The predicted octanol–water partition coefficient (Wildman–Crippen LogP) is 1.36. The van der Waals surface area contributed by atoms with E-state index in [1.54, 1.807) is 0 Å². The van der Waals surface area contributed by atoms with Gasteiger partial charge in [0.05, 0.1) is 0 Å². The highest BCUT2D eigenvalue weighted by molar-refractivity contribution is 6.07. The van der Waals surface area contributed by atoms with Gasteiger partial charge in [-0.15, -0.1) is 0 Å². The third kappa shape index (κ3) is 3.27. The van der Waals surface area contributed by atoms with Crippen molar-refractivity contribution in [3.63, 3.8) is 0 Å². The minimum Gasteiger partial charge on any atom is -0.409 e. The van der Waals surface area contributed by atoms with Crippen molar-refractivity contribution in [1.29, 1.82) is 0 Å². The molecule has 1 fully saturated rings. The second kappa shape index (κ2) is 5.45. The molecule has 0 aromatic rings. The van der Waals surface area contributed by atoms with Crippen LogP contribution in [0, 0.1) is 5.41 Å². The predicted molar refractivity (Wildman–Crippen MR) is 58.0 cm³/mol. The van der Waals surface area contributed by atoms with Crippen LogP contribution in [0.15, 0.2) is 5.16 Å². The van der Waals surface area contributed by atoms with Gasteiger partial charge in [0, 0.05) is 13.0 Å². The normalized spacial score (nSPS) is 19.2. The summed E-state index contributed by atoms with van der Waals surface area (Å²) in [5.74, 6) is -0.645. The van der Waals surface area contributed by atoms with Crippen LogP contribution in [0.3, 0.4) is 0 Å². The number of nitrogens with two attached hydrogens (primary N) is 1. The number of halogens is 3. The number of hydrogen-bond acceptors (Lipinski definition) is 3. The molecule has 5 nitrogen and oxygen atoms in total. The lowest BCUT2D eigenvalue weighted by molar-refractivity contribution is -0.137. The van der Waals surface area contributed by atoms with Crippen LogP contribution in [-0.2, 0) is 4.79 Å². The van der Waals surface area contributed by atoms with Gasteiger partial charge in [0.2, 0.25) is 5.91 Å². The summed E-state index contributed by atoms with van der Waals surface area (Å²) >= 11 is 0. The van der Waals surface area contributed by atoms with E-state index in [1.807, 2.05) is 0 Å². The Labute approximate surface area is 102 Å². The zero-order valence-corrected chi connectivity index (χ0v) is 9.76. The van der Waals surface area contributed by atoms with Crippen LogP contribution >= 0.6 is 0 Å². The molecule has 0 unspecified atom stereocenters. The summed E-state index contributed by atoms with van der Waals surface area (Å²) in [5.41, 5.74) is 4.41. The molecule has 18 heavy (non-hydrogen) atoms. The number of amides is 1. The molecule has 0 atom stereocenters. The molecule has 0 heterocycles. The Kier molecular flexibility index (Phi) is 4.42. The van der Waals surface area contributed by atoms with Gasteiger partial charge in [0.25, 0.3) is 0 Å². The first-order valence-corrected chi connectivity index (χ1v) is 5.65. The highest BCUT2D eigenvalue weighted by Gasteiger charge is 2.48. The fourth-order valence-electron chi connectivity index (χ4n) is 1.89. The lowest BCUT2D eigenvalue weighted by atomic mass is 9.67. The molecule has 104 valence electrons. The maximum atomic E-state index is 11.9. The summed E-state index contributed by atoms with van der Waals surface area (Å²) in [4.78, 5) is 11.8. The van der Waals surface area contributed by atoms with Crippen molar-refractivity contribution in [3.8, 4) is 0 Å². The van der Waals surface area contributed by atoms with Gasteiger partial charge in [0.15, 0.2) is 5.84 Å². The van der Waals surface area contributed by atoms with E-state index in [0.29, 0.717) is 12.8 Å². The van der Waals surface area contributed by atoms with Crippen LogP contribution in [0.5, 0.6) is 0 Å². The number of alkyl halides is 3. The van der Waals surface area contributed by atoms with Gasteiger partial charge >= 0.3 is 6.18 Å². The first kappa shape index (κ1) is 14.6. The lowest BCUT2D eigenvalue weighted by Gasteiger charge is -2.38. The molecule has 0 aliphatic heterocycles. The molecule has 0 bridgehead atoms. The van der Waals surface area contributed by atoms with E-state index in [2.05, 4.69) is 10.5 Å². The van der Waals surface area contributed by atoms with E-state index in [4.69, 9.17) is 10.9 Å². The largest absolute Gasteiger partial charge is 0.409 e. The third-order valence-corrected chi connectivity index (χ3v) is 3.16. The molecular weight excluding hydrogens is 251 g/mol. The molecule has 8 heteroatoms. The van der Waals surface area contributed by atoms with Crippen LogP contribution in [0.4, 0.5) is 13.2 Å². The summed E-state index contributed by atoms with van der Waals surface area (Å²) in [6, 6.07) is 0. The van der Waals surface area contributed by atoms with Crippen LogP contribution in [-0.4, -0.2) is 29.7 Å². The molecule has 1 aliphatic carbocycles. The maximum Gasteiger partial charge on any atom is 0.389 e. The fraction of sp³-hybridized carbons (Fsp3) is 0.800. The van der Waals surface area contributed by atoms with Crippen molar-refractivity contribution < 1.29 is 23.2 Å². The topological polar surface area (TPSA) is 87.7 Å². The first-order chi connectivity index (χ1) is 8.32. The smallest absolute Gasteiger partial charge is 0.389 e. The van der Waals surface area contributed by atoms with E-state index in [1.165, 1.54) is 0 Å². The molecule has 1 rings (SSSR count). The second-order valence-electron chi connectivity index (χ2n) is 4.40. The maximum absolute atomic E-state index is 11.9. The molecule has 0 spiro atoms. The molecule has 1 saturated carbocycles. The Bertz CT molecular complexity index is 338. The summed E-state index contributed by atoms with van der Waals surface area (Å²) in [7, 11) is 0. The van der Waals surface area contributed by atoms with Gasteiger partial charge < -0.3 is 16.3 Å². The number of oxime groups is 1. The highest BCUT2D eigenvalue weighted by atomic mass is 19.4. The van der Waals surface area contributed by atoms with Crippen molar-refractivity contribution in [2.45, 2.75) is 38.3 Å². The standard InChI is InChI=1S/C10H16F3N3O2/c11-10(12,13)5-2-6-15-8(17)9(3-1-4-9)7(14)16-18/h18H,1-6H2,(H2,14,16)(H,15,17). The van der Waals surface area contributed by atoms with Crippen molar-refractivity contribution in [2.24, 2.45) is 16.3 Å². The molecule has 1 aliphatic rings. The lowest BCUT2D eigenvalue weighted by Crippen LogP contribution is -2.54. The zero-order chi connectivity index (χ0) is 13.8. The monoisotopic (exact) mass is 267 g/mol. The Morgan fingerprint density at radius 3 is 2.44 bits per heavy atom. The molecule has 0 saturated heterocycles. The van der Waals surface area contributed by atoms with E-state index in [-0.39, 0.29) is 18.8 Å². The number of nitrogens with zero attached hydrogens (tertiary/aromatic N) is 1. The summed E-state index contributed by atoms with van der Waals surface area (Å²) in [6.45, 7) is -0.0706. The summed E-state index contributed by atoms with van der Waals surface area (Å²) in [5, 5.41) is 13.8. The van der Waals surface area contributed by atoms with E-state index in [0.717, 1.165) is 6.42 Å². The van der Waals surface area contributed by atoms with Gasteiger partial charge in [0.1, 0.15) is 5.41 Å². The van der Waals surface area contributed by atoms with Crippen molar-refractivity contribution >= 4 is 11.7 Å². The number of carbonyl (C=O) groups is 1. The van der Waals surface area contributed by atoms with Crippen molar-refractivity contribution in [2.75, 3.05) is 6.54 Å². The Balaban J connectivity index is 2.41. The molecule has 0 aromatic carbocycles. The van der Waals surface area contributed by atoms with Crippen LogP contribution < -0.4 is 11.1 Å². The quantitative estimate of drug-likeness (QED) is 0.231. The number of rotatable bonds is 5. The number of carbonyl (C=O) groups excluding carboxylic acids is 1. The van der Waals surface area contributed by atoms with Crippen LogP contribution in [0.25, 0.3) is 0 Å². The average molecular weight is 267 g/mol. The molecule has 0 radical (unpaired) electrons. The summed E-state index contributed by atoms with van der Waals surface area (Å²) < 4.78 is 35.7. The Morgan fingerprint density at radius 2 is 2.06 bits per heavy atom. The number of hydrogen-bond donors (Lipinski definition) is 3. The van der Waals surface area contributed by atoms with E-state index in [9.17, 15) is 18.0 Å². The first-order valence-electron chi connectivity index (χ1n) is 5.65. The van der Waals surface area contributed by atoms with Gasteiger partial charge in [-0.1, -0.05) is 11.6 Å². The Hall–Kier alpha value is -1.47. The highest BCUT2D eigenvalue weighted by Crippen LogP contribution is 2.41. The van der Waals surface area contributed by atoms with E-state index >= 15 is 0 Å². The molecular formula is C10H16F3N3O2. The molecule has 1 amide bonds. The SMILES string of the molecule is NC(=NO)C1(C(=O)NCCCC(F)(F)F)CCC1.